The highest BCUT2D eigenvalue weighted by Gasteiger charge is 2.28. The lowest BCUT2D eigenvalue weighted by molar-refractivity contribution is -0.112. The third kappa shape index (κ3) is 5.80. The maximum absolute atomic E-state index is 13.5. The van der Waals surface area contributed by atoms with Crippen LogP contribution in [0.3, 0.4) is 0 Å². The fraction of sp³-hybridized carbons (Fsp3) is 0.419. The first kappa shape index (κ1) is 25.3. The van der Waals surface area contributed by atoms with Crippen LogP contribution in [0.25, 0.3) is 11.1 Å². The number of Topliss-reactive ketones (excluding diaryl/α,β-unsaturated/α-hetero) is 1. The Kier molecular flexibility index (Phi) is 7.75. The van der Waals surface area contributed by atoms with Crippen molar-refractivity contribution in [2.75, 3.05) is 42.9 Å². The highest BCUT2D eigenvalue weighted by Crippen LogP contribution is 2.31. The van der Waals surface area contributed by atoms with E-state index in [1.807, 2.05) is 54.6 Å². The summed E-state index contributed by atoms with van der Waals surface area (Å²) in [7, 11) is 0. The van der Waals surface area contributed by atoms with Gasteiger partial charge in [0, 0.05) is 55.4 Å². The molecule has 1 amide bonds. The number of benzene rings is 2. The van der Waals surface area contributed by atoms with Gasteiger partial charge >= 0.3 is 0 Å². The third-order valence-electron chi connectivity index (χ3n) is 7.64. The number of carbonyl (C=O) groups is 2. The molecule has 1 aromatic heterocycles. The van der Waals surface area contributed by atoms with E-state index < -0.39 is 11.7 Å². The molecule has 0 unspecified atom stereocenters. The highest BCUT2D eigenvalue weighted by atomic mass is 16.2. The van der Waals surface area contributed by atoms with Gasteiger partial charge in [0.1, 0.15) is 5.69 Å². The van der Waals surface area contributed by atoms with Crippen molar-refractivity contribution >= 4 is 23.1 Å². The predicted octanol–water partition coefficient (Wildman–Crippen LogP) is 5.48. The zero-order valence-electron chi connectivity index (χ0n) is 22.1. The van der Waals surface area contributed by atoms with E-state index in [0.29, 0.717) is 11.4 Å². The summed E-state index contributed by atoms with van der Waals surface area (Å²) < 4.78 is 2.05. The topological polar surface area (TPSA) is 57.6 Å². The van der Waals surface area contributed by atoms with Crippen LogP contribution >= 0.6 is 0 Å². The molecule has 1 saturated heterocycles. The Balaban J connectivity index is 1.25. The van der Waals surface area contributed by atoms with E-state index in [9.17, 15) is 9.59 Å². The second-order valence-corrected chi connectivity index (χ2v) is 10.7. The Morgan fingerprint density at radius 3 is 2.32 bits per heavy atom. The van der Waals surface area contributed by atoms with Crippen molar-refractivity contribution in [3.8, 4) is 11.1 Å². The Morgan fingerprint density at radius 1 is 0.892 bits per heavy atom. The summed E-state index contributed by atoms with van der Waals surface area (Å²) in [5, 5.41) is 2.85. The van der Waals surface area contributed by atoms with Gasteiger partial charge in [0.05, 0.1) is 0 Å². The molecule has 5 rings (SSSR count). The van der Waals surface area contributed by atoms with E-state index in [1.165, 1.54) is 13.0 Å². The van der Waals surface area contributed by atoms with Gasteiger partial charge in [-0.2, -0.15) is 0 Å². The molecule has 3 heterocycles. The van der Waals surface area contributed by atoms with Crippen molar-refractivity contribution in [1.82, 2.24) is 9.47 Å². The summed E-state index contributed by atoms with van der Waals surface area (Å²) in [6.07, 6.45) is 4.30. The number of aromatic nitrogens is 1. The van der Waals surface area contributed by atoms with Gasteiger partial charge in [-0.1, -0.05) is 44.2 Å². The highest BCUT2D eigenvalue weighted by molar-refractivity contribution is 6.47. The molecule has 194 valence electrons. The molecule has 2 aromatic carbocycles. The average molecular weight is 499 g/mol. The summed E-state index contributed by atoms with van der Waals surface area (Å²) in [6.45, 7) is 10.7. The number of hydrogen-bond donors (Lipinski definition) is 1. The second-order valence-electron chi connectivity index (χ2n) is 10.7. The normalized spacial score (nSPS) is 16.0. The van der Waals surface area contributed by atoms with Crippen LogP contribution in [-0.2, 0) is 17.8 Å². The average Bonchev–Trinajstić information content (AvgIpc) is 3.32. The number of carbonyl (C=O) groups excluding carboxylic acids is 2. The Hall–Kier alpha value is -3.38. The van der Waals surface area contributed by atoms with Gasteiger partial charge in [0.15, 0.2) is 0 Å². The first-order valence-electron chi connectivity index (χ1n) is 13.7. The van der Waals surface area contributed by atoms with Crippen LogP contribution in [0.1, 0.15) is 49.3 Å². The van der Waals surface area contributed by atoms with E-state index in [-0.39, 0.29) is 0 Å². The molecule has 2 aliphatic rings. The Bertz CT molecular complexity index is 1220. The number of amides is 1. The lowest BCUT2D eigenvalue weighted by atomic mass is 10.0. The molecule has 6 nitrogen and oxygen atoms in total. The molecule has 37 heavy (non-hydrogen) atoms. The number of ketones is 1. The van der Waals surface area contributed by atoms with Crippen molar-refractivity contribution in [1.29, 1.82) is 0 Å². The number of anilines is 2. The monoisotopic (exact) mass is 498 g/mol. The first-order chi connectivity index (χ1) is 18.0. The van der Waals surface area contributed by atoms with Gasteiger partial charge in [-0.3, -0.25) is 14.5 Å². The zero-order chi connectivity index (χ0) is 25.8. The van der Waals surface area contributed by atoms with E-state index in [4.69, 9.17) is 0 Å². The molecular weight excluding hydrogens is 460 g/mol. The first-order valence-corrected chi connectivity index (χ1v) is 13.7. The second kappa shape index (κ2) is 11.3. The molecular formula is C31H38N4O2. The summed E-state index contributed by atoms with van der Waals surface area (Å²) in [5.41, 5.74) is 5.25. The van der Waals surface area contributed by atoms with Gasteiger partial charge in [-0.05, 0) is 74.0 Å². The lowest BCUT2D eigenvalue weighted by Crippen LogP contribution is -2.46. The van der Waals surface area contributed by atoms with Crippen molar-refractivity contribution in [2.24, 2.45) is 5.92 Å². The summed E-state index contributed by atoms with van der Waals surface area (Å²) in [5.74, 6) is -0.329. The van der Waals surface area contributed by atoms with Crippen molar-refractivity contribution in [3.63, 3.8) is 0 Å². The van der Waals surface area contributed by atoms with Crippen LogP contribution in [0.15, 0.2) is 60.7 Å². The molecule has 1 fully saturated rings. The number of hydrogen-bond acceptors (Lipinski definition) is 4. The van der Waals surface area contributed by atoms with Crippen molar-refractivity contribution in [3.05, 3.63) is 72.1 Å². The smallest absolute Gasteiger partial charge is 0.298 e. The minimum absolute atomic E-state index is 0.478. The summed E-state index contributed by atoms with van der Waals surface area (Å²) >= 11 is 0. The van der Waals surface area contributed by atoms with E-state index in [0.717, 1.165) is 80.4 Å². The van der Waals surface area contributed by atoms with Gasteiger partial charge in [0.2, 0.25) is 0 Å². The van der Waals surface area contributed by atoms with Crippen LogP contribution in [0, 0.1) is 5.92 Å². The van der Waals surface area contributed by atoms with Crippen LogP contribution in [0.4, 0.5) is 11.4 Å². The molecule has 3 aromatic rings. The van der Waals surface area contributed by atoms with Crippen LogP contribution in [0.5, 0.6) is 0 Å². The number of aryl methyl sites for hydroxylation is 1. The van der Waals surface area contributed by atoms with Gasteiger partial charge in [-0.15, -0.1) is 0 Å². The molecule has 0 bridgehead atoms. The summed E-state index contributed by atoms with van der Waals surface area (Å²) in [6, 6.07) is 19.9. The number of nitrogens with one attached hydrogen (secondary N) is 1. The zero-order valence-corrected chi connectivity index (χ0v) is 22.1. The van der Waals surface area contributed by atoms with Crippen LogP contribution in [-0.4, -0.2) is 53.9 Å². The number of rotatable bonds is 8. The Morgan fingerprint density at radius 2 is 1.62 bits per heavy atom. The van der Waals surface area contributed by atoms with E-state index in [2.05, 4.69) is 39.6 Å². The summed E-state index contributed by atoms with van der Waals surface area (Å²) in [4.78, 5) is 31.5. The molecule has 2 aliphatic heterocycles. The van der Waals surface area contributed by atoms with Crippen molar-refractivity contribution in [2.45, 2.75) is 46.1 Å². The molecule has 0 saturated carbocycles. The molecule has 0 spiro atoms. The van der Waals surface area contributed by atoms with Gasteiger partial charge < -0.3 is 14.8 Å². The number of piperazine rings is 1. The molecule has 1 N–H and O–H groups in total. The number of fused-ring (bicyclic) bond motifs is 1. The maximum Gasteiger partial charge on any atom is 0.298 e. The largest absolute Gasteiger partial charge is 0.369 e. The van der Waals surface area contributed by atoms with Crippen molar-refractivity contribution < 1.29 is 9.59 Å². The maximum atomic E-state index is 13.5. The molecule has 6 heteroatoms. The lowest BCUT2D eigenvalue weighted by Gasteiger charge is -2.36. The van der Waals surface area contributed by atoms with E-state index >= 15 is 0 Å². The van der Waals surface area contributed by atoms with Crippen LogP contribution in [0.2, 0.25) is 0 Å². The standard InChI is InChI=1S/C31H38N4O2/c1-23(2)15-17-33-18-20-34(21-19-33)26-13-11-25(12-14-26)32-31(37)30(36)29-28(24-8-4-3-5-9-24)22-27-10-6-7-16-35(27)29/h3-5,8-9,11-14,22-23H,6-7,10,15-21H2,1-2H3,(H,32,37). The number of nitrogens with zero attached hydrogens (tertiary/aromatic N) is 3. The van der Waals surface area contributed by atoms with Gasteiger partial charge in [0.25, 0.3) is 11.7 Å². The molecule has 0 aliphatic carbocycles. The molecule has 0 atom stereocenters. The minimum Gasteiger partial charge on any atom is -0.369 e. The van der Waals surface area contributed by atoms with Gasteiger partial charge in [-0.25, -0.2) is 0 Å². The predicted molar refractivity (Wildman–Crippen MR) is 150 cm³/mol. The quantitative estimate of drug-likeness (QED) is 0.330. The molecule has 0 radical (unpaired) electrons. The van der Waals surface area contributed by atoms with E-state index in [1.54, 1.807) is 0 Å². The fourth-order valence-electron chi connectivity index (χ4n) is 5.44. The van der Waals surface area contributed by atoms with Crippen LogP contribution < -0.4 is 10.2 Å². The Labute approximate surface area is 220 Å². The third-order valence-corrected chi connectivity index (χ3v) is 7.64. The minimum atomic E-state index is -0.588. The SMILES string of the molecule is CC(C)CCN1CCN(c2ccc(NC(=O)C(=O)c3c(-c4ccccc4)cc4n3CCCC4)cc2)CC1. The fourth-order valence-corrected chi connectivity index (χ4v) is 5.44.